The van der Waals surface area contributed by atoms with E-state index in [-0.39, 0.29) is 18.6 Å². The van der Waals surface area contributed by atoms with Crippen LogP contribution in [0.25, 0.3) is 0 Å². The number of β-amino-alcohol motifs (C(OH)–C–C–N with tert-alkyl or cyclic N) is 1. The molecule has 2 aromatic heterocycles. The average molecular weight is 425 g/mol. The molecule has 1 fully saturated rings. The van der Waals surface area contributed by atoms with Crippen LogP contribution >= 0.6 is 34.4 Å². The van der Waals surface area contributed by atoms with Gasteiger partial charge in [-0.25, -0.2) is 0 Å². The number of carbonyl (C=O) groups excluding carboxylic acids is 1. The Labute approximate surface area is 171 Å². The van der Waals surface area contributed by atoms with Crippen molar-refractivity contribution in [3.63, 3.8) is 0 Å². The van der Waals surface area contributed by atoms with E-state index >= 15 is 0 Å². The molecule has 4 heterocycles. The summed E-state index contributed by atoms with van der Waals surface area (Å²) in [5, 5.41) is 26.6. The molecule has 0 spiro atoms. The first kappa shape index (κ1) is 19.4. The minimum Gasteiger partial charge on any atom is -0.392 e. The highest BCUT2D eigenvalue weighted by molar-refractivity contribution is 7.98. The third-order valence-electron chi connectivity index (χ3n) is 5.05. The lowest BCUT2D eigenvalue weighted by atomic mass is 10.0. The number of anilines is 1. The fraction of sp³-hybridized carbons (Fsp3) is 0.526. The minimum atomic E-state index is -0.694. The molecule has 5 nitrogen and oxygen atoms in total. The Bertz CT molecular complexity index is 790. The zero-order valence-corrected chi connectivity index (χ0v) is 17.5. The fourth-order valence-electron chi connectivity index (χ4n) is 3.77. The summed E-state index contributed by atoms with van der Waals surface area (Å²) in [6, 6.07) is 3.88. The summed E-state index contributed by atoms with van der Waals surface area (Å²) < 4.78 is 0. The predicted octanol–water partition coefficient (Wildman–Crippen LogP) is 3.08. The highest BCUT2D eigenvalue weighted by atomic mass is 32.2. The number of nitrogens with one attached hydrogen (secondary N) is 1. The van der Waals surface area contributed by atoms with Gasteiger partial charge in [-0.3, -0.25) is 9.69 Å². The minimum absolute atomic E-state index is 0.0741. The van der Waals surface area contributed by atoms with Crippen molar-refractivity contribution in [2.24, 2.45) is 0 Å². The van der Waals surface area contributed by atoms with E-state index < -0.39 is 6.10 Å². The molecule has 2 unspecified atom stereocenters. The van der Waals surface area contributed by atoms with Crippen molar-refractivity contribution in [3.8, 4) is 0 Å². The summed E-state index contributed by atoms with van der Waals surface area (Å²) in [5.74, 6) is 1.92. The lowest BCUT2D eigenvalue weighted by molar-refractivity contribution is -0.118. The van der Waals surface area contributed by atoms with Gasteiger partial charge in [0.2, 0.25) is 5.91 Å². The molecule has 1 amide bonds. The van der Waals surface area contributed by atoms with E-state index in [0.29, 0.717) is 6.54 Å². The Balaban J connectivity index is 1.54. The molecule has 27 heavy (non-hydrogen) atoms. The maximum absolute atomic E-state index is 12.6. The SMILES string of the molecule is O=C(CN1CCCC(O)C1)Nc1sc2c(c1C(O)c1cccs1)CCSC2. The van der Waals surface area contributed by atoms with Crippen LogP contribution in [0, 0.1) is 0 Å². The third-order valence-corrected chi connectivity index (χ3v) is 8.30. The molecule has 1 saturated heterocycles. The Kier molecular flexibility index (Phi) is 6.21. The van der Waals surface area contributed by atoms with Crippen molar-refractivity contribution in [2.75, 3.05) is 30.7 Å². The molecule has 2 atom stereocenters. The van der Waals surface area contributed by atoms with Crippen LogP contribution in [0.1, 0.15) is 39.8 Å². The van der Waals surface area contributed by atoms with Gasteiger partial charge in [0.05, 0.1) is 12.6 Å². The van der Waals surface area contributed by atoms with Gasteiger partial charge >= 0.3 is 0 Å². The number of nitrogens with zero attached hydrogens (tertiary/aromatic N) is 1. The van der Waals surface area contributed by atoms with E-state index in [0.717, 1.165) is 52.8 Å². The molecule has 2 aliphatic heterocycles. The third kappa shape index (κ3) is 4.41. The quantitative estimate of drug-likeness (QED) is 0.688. The van der Waals surface area contributed by atoms with Crippen molar-refractivity contribution in [1.82, 2.24) is 4.90 Å². The maximum Gasteiger partial charge on any atom is 0.239 e. The number of hydrogen-bond donors (Lipinski definition) is 3. The van der Waals surface area contributed by atoms with Crippen LogP contribution in [-0.2, 0) is 17.0 Å². The number of fused-ring (bicyclic) bond motifs is 1. The van der Waals surface area contributed by atoms with Crippen molar-refractivity contribution >= 4 is 45.3 Å². The monoisotopic (exact) mass is 424 g/mol. The highest BCUT2D eigenvalue weighted by Gasteiger charge is 2.28. The molecule has 2 aliphatic rings. The second-order valence-corrected chi connectivity index (χ2v) is 10.2. The van der Waals surface area contributed by atoms with E-state index in [1.54, 1.807) is 11.3 Å². The highest BCUT2D eigenvalue weighted by Crippen LogP contribution is 2.44. The molecule has 2 aromatic rings. The number of likely N-dealkylation sites (tertiary alicyclic amines) is 1. The van der Waals surface area contributed by atoms with E-state index in [9.17, 15) is 15.0 Å². The number of thioether (sulfide) groups is 1. The number of amides is 1. The number of aliphatic hydroxyl groups is 2. The summed E-state index contributed by atoms with van der Waals surface area (Å²) in [6.45, 7) is 1.67. The number of hydrogen-bond acceptors (Lipinski definition) is 7. The van der Waals surface area contributed by atoms with Crippen LogP contribution in [0.3, 0.4) is 0 Å². The van der Waals surface area contributed by atoms with Crippen LogP contribution in [0.2, 0.25) is 0 Å². The molecule has 3 N–H and O–H groups in total. The Morgan fingerprint density at radius 1 is 1.44 bits per heavy atom. The summed E-state index contributed by atoms with van der Waals surface area (Å²) in [7, 11) is 0. The van der Waals surface area contributed by atoms with Crippen LogP contribution in [0.15, 0.2) is 17.5 Å². The Hall–Kier alpha value is -0.900. The van der Waals surface area contributed by atoms with Crippen molar-refractivity contribution in [2.45, 2.75) is 37.2 Å². The van der Waals surface area contributed by atoms with Gasteiger partial charge in [-0.2, -0.15) is 11.8 Å². The van der Waals surface area contributed by atoms with E-state index in [1.807, 2.05) is 34.2 Å². The van der Waals surface area contributed by atoms with Crippen LogP contribution in [0.5, 0.6) is 0 Å². The zero-order chi connectivity index (χ0) is 18.8. The van der Waals surface area contributed by atoms with E-state index in [1.165, 1.54) is 21.8 Å². The number of aliphatic hydroxyl groups excluding tert-OH is 2. The first-order valence-electron chi connectivity index (χ1n) is 9.25. The van der Waals surface area contributed by atoms with E-state index in [2.05, 4.69) is 5.32 Å². The first-order chi connectivity index (χ1) is 13.1. The maximum atomic E-state index is 12.6. The number of rotatable bonds is 5. The van der Waals surface area contributed by atoms with Gasteiger partial charge in [0, 0.05) is 27.6 Å². The zero-order valence-electron chi connectivity index (χ0n) is 15.0. The lowest BCUT2D eigenvalue weighted by Crippen LogP contribution is -2.42. The van der Waals surface area contributed by atoms with Gasteiger partial charge in [-0.15, -0.1) is 22.7 Å². The second-order valence-electron chi connectivity index (χ2n) is 7.05. The number of thiophene rings is 2. The fourth-order valence-corrected chi connectivity index (χ4v) is 6.92. The van der Waals surface area contributed by atoms with Crippen molar-refractivity contribution in [3.05, 3.63) is 38.4 Å². The molecule has 146 valence electrons. The summed E-state index contributed by atoms with van der Waals surface area (Å²) >= 11 is 5.04. The molecular weight excluding hydrogens is 400 g/mol. The van der Waals surface area contributed by atoms with Crippen LogP contribution < -0.4 is 5.32 Å². The Morgan fingerprint density at radius 2 is 2.33 bits per heavy atom. The topological polar surface area (TPSA) is 72.8 Å². The number of piperidine rings is 1. The summed E-state index contributed by atoms with van der Waals surface area (Å²) in [6.07, 6.45) is 1.63. The molecule has 0 saturated carbocycles. The lowest BCUT2D eigenvalue weighted by Gasteiger charge is -2.29. The van der Waals surface area contributed by atoms with Gasteiger partial charge in [0.25, 0.3) is 0 Å². The molecule has 0 aliphatic carbocycles. The van der Waals surface area contributed by atoms with Gasteiger partial charge in [0.1, 0.15) is 11.1 Å². The smallest absolute Gasteiger partial charge is 0.239 e. The van der Waals surface area contributed by atoms with Gasteiger partial charge in [-0.05, 0) is 48.6 Å². The first-order valence-corrected chi connectivity index (χ1v) is 12.1. The van der Waals surface area contributed by atoms with Crippen LogP contribution in [0.4, 0.5) is 5.00 Å². The van der Waals surface area contributed by atoms with E-state index in [4.69, 9.17) is 0 Å². The Morgan fingerprint density at radius 3 is 3.11 bits per heavy atom. The largest absolute Gasteiger partial charge is 0.392 e. The van der Waals surface area contributed by atoms with Crippen LogP contribution in [-0.4, -0.2) is 52.5 Å². The molecule has 4 rings (SSSR count). The number of carbonyl (C=O) groups is 1. The normalized spacial score (nSPS) is 21.6. The molecule has 0 aromatic carbocycles. The standard InChI is InChI=1S/C19H24N2O3S3/c22-12-3-1-6-21(9-12)10-16(23)20-19-17(18(24)14-4-2-7-26-14)13-5-8-25-11-15(13)27-19/h2,4,7,12,18,22,24H,1,3,5-6,8-11H2,(H,20,23). The van der Waals surface area contributed by atoms with Crippen molar-refractivity contribution < 1.29 is 15.0 Å². The van der Waals surface area contributed by atoms with Gasteiger partial charge in [-0.1, -0.05) is 6.07 Å². The predicted molar refractivity (Wildman–Crippen MR) is 113 cm³/mol. The van der Waals surface area contributed by atoms with Gasteiger partial charge in [0.15, 0.2) is 0 Å². The molecular formula is C19H24N2O3S3. The second kappa shape index (κ2) is 8.63. The molecule has 0 bridgehead atoms. The van der Waals surface area contributed by atoms with Gasteiger partial charge < -0.3 is 15.5 Å². The molecule has 0 radical (unpaired) electrons. The molecule has 8 heteroatoms. The average Bonchev–Trinajstić information content (AvgIpc) is 3.29. The summed E-state index contributed by atoms with van der Waals surface area (Å²) in [5.41, 5.74) is 2.09. The van der Waals surface area contributed by atoms with Crippen molar-refractivity contribution in [1.29, 1.82) is 0 Å². The summed E-state index contributed by atoms with van der Waals surface area (Å²) in [4.78, 5) is 16.8.